The number of azo groups is 1. The molecule has 38 heavy (non-hydrogen) atoms. The maximum Gasteiger partial charge on any atom is 0.129 e. The van der Waals surface area contributed by atoms with Crippen molar-refractivity contribution in [3.8, 4) is 22.9 Å². The summed E-state index contributed by atoms with van der Waals surface area (Å²) in [7, 11) is -2.94. The Balaban J connectivity index is 2.80. The van der Waals surface area contributed by atoms with Crippen molar-refractivity contribution in [3.63, 3.8) is 0 Å². The van der Waals surface area contributed by atoms with Crippen LogP contribution in [0.25, 0.3) is 0 Å². The average Bonchev–Trinajstić information content (AvgIpc) is 2.78. The van der Waals surface area contributed by atoms with Gasteiger partial charge in [0.25, 0.3) is 0 Å². The highest BCUT2D eigenvalue weighted by molar-refractivity contribution is 6.84. The Morgan fingerprint density at radius 2 is 0.711 bits per heavy atom. The molecule has 0 N–H and O–H groups in total. The van der Waals surface area contributed by atoms with Crippen molar-refractivity contribution in [1.29, 1.82) is 0 Å². The third kappa shape index (κ3) is 9.11. The van der Waals surface area contributed by atoms with Crippen LogP contribution in [-0.4, -0.2) is 16.1 Å². The molecule has 2 nitrogen and oxygen atoms in total. The van der Waals surface area contributed by atoms with Crippen molar-refractivity contribution in [2.24, 2.45) is 10.2 Å². The molecule has 0 aromatic heterocycles. The highest BCUT2D eigenvalue weighted by Gasteiger charge is 2.19. The van der Waals surface area contributed by atoms with Crippen molar-refractivity contribution in [2.45, 2.75) is 118 Å². The van der Waals surface area contributed by atoms with Crippen LogP contribution in [0, 0.1) is 22.9 Å². The van der Waals surface area contributed by atoms with Gasteiger partial charge in [-0.1, -0.05) is 107 Å². The lowest BCUT2D eigenvalue weighted by Crippen LogP contribution is -2.16. The van der Waals surface area contributed by atoms with Crippen LogP contribution in [0.2, 0.25) is 39.3 Å². The van der Waals surface area contributed by atoms with Gasteiger partial charge in [-0.25, -0.2) is 0 Å². The van der Waals surface area contributed by atoms with E-state index in [4.69, 9.17) is 10.2 Å². The second-order valence-corrected chi connectivity index (χ2v) is 23.3. The molecular formula is C34H50N2Si2. The fourth-order valence-electron chi connectivity index (χ4n) is 4.12. The van der Waals surface area contributed by atoms with Crippen molar-refractivity contribution < 1.29 is 0 Å². The Morgan fingerprint density at radius 1 is 0.474 bits per heavy atom. The number of benzene rings is 2. The van der Waals surface area contributed by atoms with E-state index >= 15 is 0 Å². The second kappa shape index (κ2) is 12.6. The van der Waals surface area contributed by atoms with Crippen LogP contribution in [0.15, 0.2) is 34.5 Å². The van der Waals surface area contributed by atoms with Gasteiger partial charge in [0, 0.05) is 11.1 Å². The fourth-order valence-corrected chi connectivity index (χ4v) is 5.15. The Labute approximate surface area is 236 Å². The summed E-state index contributed by atoms with van der Waals surface area (Å²) in [5.74, 6) is 8.26. The second-order valence-electron chi connectivity index (χ2n) is 13.8. The van der Waals surface area contributed by atoms with Gasteiger partial charge in [0.2, 0.25) is 0 Å². The van der Waals surface area contributed by atoms with E-state index in [2.05, 4.69) is 142 Å². The van der Waals surface area contributed by atoms with E-state index in [1.807, 2.05) is 0 Å². The predicted molar refractivity (Wildman–Crippen MR) is 174 cm³/mol. The van der Waals surface area contributed by atoms with Crippen LogP contribution in [-0.2, 0) is 0 Å². The average molecular weight is 543 g/mol. The van der Waals surface area contributed by atoms with Crippen LogP contribution in [0.1, 0.15) is 112 Å². The van der Waals surface area contributed by atoms with Gasteiger partial charge in [-0.05, 0) is 70.2 Å². The molecule has 0 aliphatic rings. The molecule has 204 valence electrons. The third-order valence-corrected chi connectivity index (χ3v) is 7.99. The Kier molecular flexibility index (Phi) is 10.6. The largest absolute Gasteiger partial charge is 0.150 e. The van der Waals surface area contributed by atoms with Gasteiger partial charge in [-0.15, -0.1) is 21.3 Å². The third-order valence-electron chi connectivity index (χ3n) is 6.24. The highest BCUT2D eigenvalue weighted by Crippen LogP contribution is 2.40. The summed E-state index contributed by atoms with van der Waals surface area (Å²) in [5.41, 5.74) is 16.1. The number of nitrogens with zero attached hydrogens (tertiary/aromatic N) is 2. The molecule has 4 heteroatoms. The zero-order valence-electron chi connectivity index (χ0n) is 26.5. The summed E-state index contributed by atoms with van der Waals surface area (Å²) in [6.07, 6.45) is 0. The molecule has 0 atom stereocenters. The Hall–Kier alpha value is -2.41. The molecule has 0 radical (unpaired) electrons. The molecule has 0 spiro atoms. The minimum Gasteiger partial charge on any atom is -0.150 e. The van der Waals surface area contributed by atoms with E-state index in [-0.39, 0.29) is 0 Å². The van der Waals surface area contributed by atoms with Crippen LogP contribution in [0.5, 0.6) is 0 Å². The molecule has 0 unspecified atom stereocenters. The molecule has 0 aliphatic carbocycles. The zero-order chi connectivity index (χ0) is 29.0. The molecule has 0 saturated heterocycles. The van der Waals surface area contributed by atoms with Crippen LogP contribution < -0.4 is 0 Å². The minimum absolute atomic E-state index is 0.323. The predicted octanol–water partition coefficient (Wildman–Crippen LogP) is 11.1. The summed E-state index contributed by atoms with van der Waals surface area (Å²) < 4.78 is 0. The molecule has 2 aromatic carbocycles. The highest BCUT2D eigenvalue weighted by atomic mass is 28.3. The molecular weight excluding hydrogens is 493 g/mol. The fraction of sp³-hybridized carbons (Fsp3) is 0.529. The van der Waals surface area contributed by atoms with Gasteiger partial charge in [-0.3, -0.25) is 0 Å². The molecule has 2 aromatic rings. The van der Waals surface area contributed by atoms with Crippen molar-refractivity contribution in [2.75, 3.05) is 0 Å². The smallest absolute Gasteiger partial charge is 0.129 e. The van der Waals surface area contributed by atoms with E-state index in [9.17, 15) is 0 Å². The summed E-state index contributed by atoms with van der Waals surface area (Å²) in [6.45, 7) is 31.6. The quantitative estimate of drug-likeness (QED) is 0.197. The van der Waals surface area contributed by atoms with E-state index in [0.29, 0.717) is 23.7 Å². The normalized spacial score (nSPS) is 12.4. The van der Waals surface area contributed by atoms with E-state index < -0.39 is 16.1 Å². The minimum atomic E-state index is -1.47. The molecule has 0 saturated carbocycles. The molecule has 2 rings (SSSR count). The van der Waals surface area contributed by atoms with E-state index in [1.54, 1.807) is 0 Å². The first-order valence-corrected chi connectivity index (χ1v) is 21.2. The first kappa shape index (κ1) is 31.8. The first-order chi connectivity index (χ1) is 17.4. The van der Waals surface area contributed by atoms with Gasteiger partial charge in [0.15, 0.2) is 0 Å². The van der Waals surface area contributed by atoms with Gasteiger partial charge in [-0.2, -0.15) is 0 Å². The van der Waals surface area contributed by atoms with Crippen LogP contribution >= 0.6 is 0 Å². The molecule has 0 bridgehead atoms. The lowest BCUT2D eigenvalue weighted by Gasteiger charge is -2.19. The molecule has 0 aliphatic heterocycles. The Bertz CT molecular complexity index is 1130. The van der Waals surface area contributed by atoms with Crippen LogP contribution in [0.3, 0.4) is 0 Å². The molecule has 0 amide bonds. The zero-order valence-corrected chi connectivity index (χ0v) is 28.5. The summed E-state index contributed by atoms with van der Waals surface area (Å²) in [4.78, 5) is 0. The molecule has 0 heterocycles. The van der Waals surface area contributed by atoms with E-state index in [0.717, 1.165) is 22.5 Å². The summed E-state index contributed by atoms with van der Waals surface area (Å²) >= 11 is 0. The lowest BCUT2D eigenvalue weighted by molar-refractivity contribution is 0.818. The maximum atomic E-state index is 5.03. The van der Waals surface area contributed by atoms with Crippen molar-refractivity contribution in [1.82, 2.24) is 0 Å². The van der Waals surface area contributed by atoms with Gasteiger partial charge >= 0.3 is 0 Å². The standard InChI is InChI=1S/C34H50N2Si2/c1-23(2)29-19-27(15-17-37(9,10)11)20-30(24(3)4)33(29)35-36-34-31(25(5)6)21-28(16-18-38(12,13)14)22-32(34)26(7)8/h19-26H,1-14H3. The number of rotatable bonds is 6. The SMILES string of the molecule is CC(C)c1cc(C#C[Si](C)(C)C)cc(C(C)C)c1N=Nc1c(C(C)C)cc(C#C[Si](C)(C)C)cc1C(C)C. The summed E-state index contributed by atoms with van der Waals surface area (Å²) in [5, 5.41) is 10.1. The van der Waals surface area contributed by atoms with Gasteiger partial charge in [0.1, 0.15) is 16.1 Å². The maximum absolute atomic E-state index is 5.03. The van der Waals surface area contributed by atoms with Crippen LogP contribution in [0.4, 0.5) is 11.4 Å². The number of hydrogen-bond acceptors (Lipinski definition) is 2. The van der Waals surface area contributed by atoms with Gasteiger partial charge < -0.3 is 0 Å². The lowest BCUT2D eigenvalue weighted by atomic mass is 9.90. The van der Waals surface area contributed by atoms with Crippen molar-refractivity contribution >= 4 is 27.5 Å². The van der Waals surface area contributed by atoms with E-state index in [1.165, 1.54) is 22.3 Å². The topological polar surface area (TPSA) is 24.7 Å². The van der Waals surface area contributed by atoms with Gasteiger partial charge in [0.05, 0.1) is 11.4 Å². The first-order valence-electron chi connectivity index (χ1n) is 14.2. The number of hydrogen-bond donors (Lipinski definition) is 0. The van der Waals surface area contributed by atoms with Crippen molar-refractivity contribution in [3.05, 3.63) is 57.6 Å². The monoisotopic (exact) mass is 542 g/mol. The summed E-state index contributed by atoms with van der Waals surface area (Å²) in [6, 6.07) is 8.94. The Morgan fingerprint density at radius 3 is 0.895 bits per heavy atom. The molecule has 0 fully saturated rings.